The minimum atomic E-state index is -4.61. The molecule has 0 saturated carbocycles. The van der Waals surface area contributed by atoms with E-state index in [1.807, 2.05) is 0 Å². The van der Waals surface area contributed by atoms with Gasteiger partial charge in [-0.3, -0.25) is 19.8 Å². The molecule has 2 saturated heterocycles. The van der Waals surface area contributed by atoms with Gasteiger partial charge in [-0.2, -0.15) is 13.2 Å². The van der Waals surface area contributed by atoms with Crippen LogP contribution in [0, 0.1) is 23.0 Å². The summed E-state index contributed by atoms with van der Waals surface area (Å²) in [7, 11) is 0. The Bertz CT molecular complexity index is 1660. The van der Waals surface area contributed by atoms with Crippen molar-refractivity contribution in [1.82, 2.24) is 14.5 Å². The number of halogens is 6. The highest BCUT2D eigenvalue weighted by molar-refractivity contribution is 5.97. The highest BCUT2D eigenvalue weighted by atomic mass is 19.4. The van der Waals surface area contributed by atoms with Gasteiger partial charge in [0.15, 0.2) is 0 Å². The molecular formula is C35H41F6N5O3. The van der Waals surface area contributed by atoms with Gasteiger partial charge >= 0.3 is 12.1 Å². The molecule has 3 heterocycles. The second kappa shape index (κ2) is 14.0. The minimum Gasteiger partial charge on any atom is -0.481 e. The third-order valence-corrected chi connectivity index (χ3v) is 9.44. The number of benzene rings is 2. The summed E-state index contributed by atoms with van der Waals surface area (Å²) in [6.07, 6.45) is 0.312. The Kier molecular flexibility index (Phi) is 10.4. The number of aromatic nitrogens is 2. The fourth-order valence-electron chi connectivity index (χ4n) is 6.75. The lowest BCUT2D eigenvalue weighted by molar-refractivity contribution is -0.142. The summed E-state index contributed by atoms with van der Waals surface area (Å²) in [5.41, 5.74) is -2.86. The van der Waals surface area contributed by atoms with Crippen LogP contribution in [0.1, 0.15) is 69.1 Å². The van der Waals surface area contributed by atoms with E-state index in [1.165, 1.54) is 23.0 Å². The number of hydrogen-bond donors (Lipinski definition) is 2. The van der Waals surface area contributed by atoms with Crippen LogP contribution in [0.2, 0.25) is 0 Å². The molecule has 0 radical (unpaired) electrons. The fourth-order valence-corrected chi connectivity index (χ4v) is 6.75. The molecule has 0 unspecified atom stereocenters. The van der Waals surface area contributed by atoms with Crippen LogP contribution in [-0.4, -0.2) is 69.8 Å². The Morgan fingerprint density at radius 3 is 2.41 bits per heavy atom. The lowest BCUT2D eigenvalue weighted by Gasteiger charge is -2.34. The molecule has 8 nitrogen and oxygen atoms in total. The van der Waals surface area contributed by atoms with E-state index >= 15 is 8.78 Å². The molecule has 2 fully saturated rings. The lowest BCUT2D eigenvalue weighted by Crippen LogP contribution is -2.45. The van der Waals surface area contributed by atoms with Crippen molar-refractivity contribution < 1.29 is 41.0 Å². The fraction of sp³-hybridized carbons (Fsp3) is 0.514. The van der Waals surface area contributed by atoms with Crippen LogP contribution in [0.4, 0.5) is 38.0 Å². The van der Waals surface area contributed by atoms with E-state index < -0.39 is 52.8 Å². The third-order valence-electron chi connectivity index (χ3n) is 9.44. The average molecular weight is 694 g/mol. The second-order valence-electron chi connectivity index (χ2n) is 14.3. The van der Waals surface area contributed by atoms with Crippen LogP contribution < -0.4 is 10.2 Å². The quantitative estimate of drug-likeness (QED) is 0.220. The van der Waals surface area contributed by atoms with Crippen LogP contribution in [0.3, 0.4) is 0 Å². The van der Waals surface area contributed by atoms with Crippen LogP contribution in [0.25, 0.3) is 0 Å². The summed E-state index contributed by atoms with van der Waals surface area (Å²) in [6, 6.07) is 6.14. The van der Waals surface area contributed by atoms with Crippen molar-refractivity contribution in [2.45, 2.75) is 70.8 Å². The largest absolute Gasteiger partial charge is 0.481 e. The standard InChI is InChI=1S/C35H41F6N5O3/c1-33(2,3)11-4-13-44-20-27(26-8-7-25(36)18-28(26)37)34(38,21-44)31(49)43-32-42-12-16-46(32)19-23-5-6-24(35(39,40)41)17-29(23)45-14-9-22(10-15-45)30(47)48/h5-8,12,16-18,22,27H,4,9-11,13-15,19-21H2,1-3H3,(H,47,48)(H,42,43,49)/t27-,34-/m0/s1. The molecule has 2 aliphatic heterocycles. The summed E-state index contributed by atoms with van der Waals surface area (Å²) < 4.78 is 88.4. The van der Waals surface area contributed by atoms with Gasteiger partial charge in [-0.1, -0.05) is 32.9 Å². The van der Waals surface area contributed by atoms with E-state index in [-0.39, 0.29) is 68.2 Å². The molecule has 266 valence electrons. The zero-order valence-corrected chi connectivity index (χ0v) is 27.7. The number of carboxylic acids is 1. The van der Waals surface area contributed by atoms with Gasteiger partial charge in [0.05, 0.1) is 18.0 Å². The molecule has 2 aromatic carbocycles. The molecule has 1 amide bonds. The number of imidazole rings is 1. The van der Waals surface area contributed by atoms with E-state index in [2.05, 4.69) is 31.1 Å². The monoisotopic (exact) mass is 693 g/mol. The van der Waals surface area contributed by atoms with E-state index in [4.69, 9.17) is 0 Å². The first-order valence-electron chi connectivity index (χ1n) is 16.3. The number of piperidine rings is 1. The van der Waals surface area contributed by atoms with Crippen molar-refractivity contribution in [1.29, 1.82) is 0 Å². The Balaban J connectivity index is 1.40. The number of anilines is 2. The summed E-state index contributed by atoms with van der Waals surface area (Å²) in [5.74, 6) is -5.72. The Hall–Kier alpha value is -4.07. The van der Waals surface area contributed by atoms with Gasteiger partial charge in [0.2, 0.25) is 11.6 Å². The van der Waals surface area contributed by atoms with E-state index in [0.29, 0.717) is 24.6 Å². The summed E-state index contributed by atoms with van der Waals surface area (Å²) in [6.45, 7) is 6.82. The molecule has 5 rings (SSSR count). The van der Waals surface area contributed by atoms with Crippen LogP contribution >= 0.6 is 0 Å². The Morgan fingerprint density at radius 1 is 1.06 bits per heavy atom. The SMILES string of the molecule is CC(C)(C)CCCN1C[C@@H](c2ccc(F)cc2F)[C@](F)(C(=O)Nc2nccn2Cc2ccc(C(F)(F)F)cc2N2CCC(C(=O)O)CC2)C1. The van der Waals surface area contributed by atoms with Crippen molar-refractivity contribution in [3.8, 4) is 0 Å². The van der Waals surface area contributed by atoms with Crippen LogP contribution in [0.5, 0.6) is 0 Å². The molecule has 0 spiro atoms. The topological polar surface area (TPSA) is 90.7 Å². The maximum Gasteiger partial charge on any atom is 0.416 e. The van der Waals surface area contributed by atoms with Crippen molar-refractivity contribution in [2.75, 3.05) is 42.9 Å². The third kappa shape index (κ3) is 8.39. The van der Waals surface area contributed by atoms with Crippen LogP contribution in [0.15, 0.2) is 48.8 Å². The van der Waals surface area contributed by atoms with E-state index in [9.17, 15) is 32.3 Å². The van der Waals surface area contributed by atoms with Gasteiger partial charge in [0.25, 0.3) is 5.91 Å². The number of carboxylic acid groups (broad SMARTS) is 1. The van der Waals surface area contributed by atoms with E-state index in [0.717, 1.165) is 30.7 Å². The molecule has 0 aliphatic carbocycles. The Morgan fingerprint density at radius 2 is 1.78 bits per heavy atom. The van der Waals surface area contributed by atoms with Crippen LogP contribution in [-0.2, 0) is 22.3 Å². The smallest absolute Gasteiger partial charge is 0.416 e. The first-order chi connectivity index (χ1) is 22.9. The number of nitrogens with zero attached hydrogens (tertiary/aromatic N) is 4. The summed E-state index contributed by atoms with van der Waals surface area (Å²) >= 11 is 0. The zero-order chi connectivity index (χ0) is 35.7. The normalized spacial score (nSPS) is 20.9. The van der Waals surface area contributed by atoms with Crippen molar-refractivity contribution in [3.05, 3.63) is 77.1 Å². The van der Waals surface area contributed by atoms with Gasteiger partial charge in [-0.25, -0.2) is 18.2 Å². The second-order valence-corrected chi connectivity index (χ2v) is 14.3. The zero-order valence-electron chi connectivity index (χ0n) is 27.7. The van der Waals surface area contributed by atoms with Gasteiger partial charge in [-0.05, 0) is 67.0 Å². The minimum absolute atomic E-state index is 0.0263. The summed E-state index contributed by atoms with van der Waals surface area (Å²) in [4.78, 5) is 32.9. The number of alkyl halides is 4. The predicted octanol–water partition coefficient (Wildman–Crippen LogP) is 7.10. The number of rotatable bonds is 10. The van der Waals surface area contributed by atoms with Gasteiger partial charge in [-0.15, -0.1) is 0 Å². The molecule has 49 heavy (non-hydrogen) atoms. The van der Waals surface area contributed by atoms with Gasteiger partial charge in [0, 0.05) is 56.2 Å². The number of carbonyl (C=O) groups excluding carboxylic acids is 1. The molecule has 2 atom stereocenters. The predicted molar refractivity (Wildman–Crippen MR) is 172 cm³/mol. The molecule has 2 N–H and O–H groups in total. The summed E-state index contributed by atoms with van der Waals surface area (Å²) in [5, 5.41) is 11.9. The molecule has 2 aliphatic rings. The number of amides is 1. The highest BCUT2D eigenvalue weighted by Gasteiger charge is 2.54. The number of hydrogen-bond acceptors (Lipinski definition) is 5. The highest BCUT2D eigenvalue weighted by Crippen LogP contribution is 2.42. The molecule has 1 aromatic heterocycles. The maximum atomic E-state index is 17.0. The number of nitrogens with one attached hydrogen (secondary N) is 1. The number of likely N-dealkylation sites (tertiary alicyclic amines) is 1. The van der Waals surface area contributed by atoms with Crippen molar-refractivity contribution in [3.63, 3.8) is 0 Å². The molecule has 14 heteroatoms. The number of carbonyl (C=O) groups is 2. The van der Waals surface area contributed by atoms with E-state index in [1.54, 1.807) is 9.80 Å². The maximum absolute atomic E-state index is 17.0. The Labute approximate surface area is 281 Å². The van der Waals surface area contributed by atoms with Crippen molar-refractivity contribution >= 4 is 23.5 Å². The van der Waals surface area contributed by atoms with Crippen molar-refractivity contribution in [2.24, 2.45) is 11.3 Å². The molecule has 0 bridgehead atoms. The van der Waals surface area contributed by atoms with Gasteiger partial charge < -0.3 is 14.6 Å². The average Bonchev–Trinajstić information content (AvgIpc) is 3.59. The number of aliphatic carboxylic acids is 1. The first-order valence-corrected chi connectivity index (χ1v) is 16.3. The molecular weight excluding hydrogens is 652 g/mol. The first kappa shape index (κ1) is 36.2. The molecule has 3 aromatic rings. The lowest BCUT2D eigenvalue weighted by atomic mass is 9.85. The van der Waals surface area contributed by atoms with Gasteiger partial charge in [0.1, 0.15) is 11.6 Å².